The minimum Gasteiger partial charge on any atom is -0.378 e. The molecule has 0 aromatic heterocycles. The van der Waals surface area contributed by atoms with Crippen molar-refractivity contribution in [1.29, 1.82) is 5.26 Å². The lowest BCUT2D eigenvalue weighted by atomic mass is 9.88. The molecule has 104 valence electrons. The second-order valence-electron chi connectivity index (χ2n) is 5.20. The van der Waals surface area contributed by atoms with E-state index < -0.39 is 5.54 Å². The van der Waals surface area contributed by atoms with Gasteiger partial charge in [-0.05, 0) is 25.5 Å². The molecule has 2 unspecified atom stereocenters. The minimum atomic E-state index is -0.669. The first-order valence-corrected chi connectivity index (χ1v) is 6.83. The van der Waals surface area contributed by atoms with Crippen LogP contribution < -0.4 is 5.32 Å². The summed E-state index contributed by atoms with van der Waals surface area (Å²) in [6, 6.07) is 12.2. The molecule has 1 rings (SSSR count). The third-order valence-electron chi connectivity index (χ3n) is 3.68. The van der Waals surface area contributed by atoms with Crippen LogP contribution in [0.3, 0.4) is 0 Å². The Labute approximate surface area is 116 Å². The lowest BCUT2D eigenvalue weighted by Crippen LogP contribution is -2.40. The van der Waals surface area contributed by atoms with Crippen LogP contribution in [-0.2, 0) is 10.3 Å². The van der Waals surface area contributed by atoms with Gasteiger partial charge in [0.25, 0.3) is 0 Å². The van der Waals surface area contributed by atoms with E-state index in [0.29, 0.717) is 18.9 Å². The van der Waals surface area contributed by atoms with E-state index in [2.05, 4.69) is 32.2 Å². The summed E-state index contributed by atoms with van der Waals surface area (Å²) in [5, 5.41) is 12.7. The van der Waals surface area contributed by atoms with Crippen LogP contribution in [0.1, 0.15) is 32.8 Å². The van der Waals surface area contributed by atoms with Gasteiger partial charge in [0.2, 0.25) is 0 Å². The van der Waals surface area contributed by atoms with E-state index in [0.717, 1.165) is 5.56 Å². The van der Waals surface area contributed by atoms with E-state index >= 15 is 0 Å². The molecule has 0 heterocycles. The molecular formula is C16H24N2O. The average Bonchev–Trinajstić information content (AvgIpc) is 2.44. The number of hydrogen-bond acceptors (Lipinski definition) is 3. The first-order valence-electron chi connectivity index (χ1n) is 6.83. The van der Waals surface area contributed by atoms with Crippen LogP contribution in [0.5, 0.6) is 0 Å². The van der Waals surface area contributed by atoms with E-state index in [1.165, 1.54) is 0 Å². The fourth-order valence-electron chi connectivity index (χ4n) is 1.90. The Morgan fingerprint density at radius 2 is 1.89 bits per heavy atom. The summed E-state index contributed by atoms with van der Waals surface area (Å²) in [5.74, 6) is 0.489. The van der Waals surface area contributed by atoms with Gasteiger partial charge in [-0.15, -0.1) is 0 Å². The molecule has 0 bridgehead atoms. The van der Waals surface area contributed by atoms with Gasteiger partial charge in [-0.25, -0.2) is 0 Å². The standard InChI is InChI=1S/C16H24N2O/c1-13(2)14(3)19-11-10-16(12-17,18-4)15-8-6-5-7-9-15/h5-9,13-14,18H,10-11H2,1-4H3. The van der Waals surface area contributed by atoms with Crippen LogP contribution in [0, 0.1) is 17.2 Å². The van der Waals surface area contributed by atoms with Gasteiger partial charge in [-0.3, -0.25) is 5.32 Å². The van der Waals surface area contributed by atoms with E-state index in [1.54, 1.807) is 0 Å². The summed E-state index contributed by atoms with van der Waals surface area (Å²) in [7, 11) is 1.82. The first-order chi connectivity index (χ1) is 9.05. The molecule has 1 N–H and O–H groups in total. The van der Waals surface area contributed by atoms with Crippen LogP contribution >= 0.6 is 0 Å². The van der Waals surface area contributed by atoms with Crippen molar-refractivity contribution in [1.82, 2.24) is 5.32 Å². The Hall–Kier alpha value is -1.37. The molecule has 3 heteroatoms. The maximum Gasteiger partial charge on any atom is 0.134 e. The van der Waals surface area contributed by atoms with Crippen LogP contribution in [0.15, 0.2) is 30.3 Å². The normalized spacial score (nSPS) is 15.8. The summed E-state index contributed by atoms with van der Waals surface area (Å²) in [4.78, 5) is 0. The van der Waals surface area contributed by atoms with E-state index in [-0.39, 0.29) is 6.10 Å². The quantitative estimate of drug-likeness (QED) is 0.819. The van der Waals surface area contributed by atoms with Crippen molar-refractivity contribution in [2.45, 2.75) is 38.8 Å². The third kappa shape index (κ3) is 4.05. The Morgan fingerprint density at radius 3 is 2.37 bits per heavy atom. The molecule has 0 amide bonds. The van der Waals surface area contributed by atoms with E-state index in [1.807, 2.05) is 37.4 Å². The van der Waals surface area contributed by atoms with Gasteiger partial charge in [-0.2, -0.15) is 5.26 Å². The molecule has 19 heavy (non-hydrogen) atoms. The molecule has 1 aromatic carbocycles. The molecule has 0 aliphatic heterocycles. The molecule has 1 aromatic rings. The zero-order chi connectivity index (χ0) is 14.3. The highest BCUT2D eigenvalue weighted by Gasteiger charge is 2.30. The topological polar surface area (TPSA) is 45.0 Å². The monoisotopic (exact) mass is 260 g/mol. The van der Waals surface area contributed by atoms with Gasteiger partial charge in [0, 0.05) is 6.42 Å². The van der Waals surface area contributed by atoms with Crippen LogP contribution in [-0.4, -0.2) is 19.8 Å². The number of nitrogens with zero attached hydrogens (tertiary/aromatic N) is 1. The third-order valence-corrected chi connectivity index (χ3v) is 3.68. The lowest BCUT2D eigenvalue weighted by molar-refractivity contribution is 0.0264. The molecule has 3 nitrogen and oxygen atoms in total. The predicted octanol–water partition coefficient (Wildman–Crippen LogP) is 3.08. The maximum absolute atomic E-state index is 9.54. The molecule has 0 aliphatic rings. The minimum absolute atomic E-state index is 0.212. The van der Waals surface area contributed by atoms with Crippen molar-refractivity contribution in [2.75, 3.05) is 13.7 Å². The lowest BCUT2D eigenvalue weighted by Gasteiger charge is -2.27. The van der Waals surface area contributed by atoms with Crippen molar-refractivity contribution in [2.24, 2.45) is 5.92 Å². The summed E-state index contributed by atoms with van der Waals surface area (Å²) in [6.45, 7) is 6.91. The van der Waals surface area contributed by atoms with Crippen molar-refractivity contribution in [3.05, 3.63) is 35.9 Å². The van der Waals surface area contributed by atoms with Gasteiger partial charge < -0.3 is 4.74 Å². The molecule has 2 atom stereocenters. The number of nitrogens with one attached hydrogen (secondary N) is 1. The second kappa shape index (κ2) is 7.28. The van der Waals surface area contributed by atoms with Gasteiger partial charge in [-0.1, -0.05) is 44.2 Å². The second-order valence-corrected chi connectivity index (χ2v) is 5.20. The van der Waals surface area contributed by atoms with Crippen LogP contribution in [0.25, 0.3) is 0 Å². The van der Waals surface area contributed by atoms with Crippen LogP contribution in [0.2, 0.25) is 0 Å². The zero-order valence-electron chi connectivity index (χ0n) is 12.3. The van der Waals surface area contributed by atoms with Crippen molar-refractivity contribution in [3.8, 4) is 6.07 Å². The summed E-state index contributed by atoms with van der Waals surface area (Å²) >= 11 is 0. The summed E-state index contributed by atoms with van der Waals surface area (Å²) in [5.41, 5.74) is 0.318. The molecule has 0 aliphatic carbocycles. The Morgan fingerprint density at radius 1 is 1.26 bits per heavy atom. The van der Waals surface area contributed by atoms with Crippen molar-refractivity contribution >= 4 is 0 Å². The Balaban J connectivity index is 2.72. The Bertz CT molecular complexity index is 411. The first kappa shape index (κ1) is 15.7. The van der Waals surface area contributed by atoms with Gasteiger partial charge >= 0.3 is 0 Å². The molecular weight excluding hydrogens is 236 g/mol. The number of rotatable bonds is 7. The average molecular weight is 260 g/mol. The number of benzene rings is 1. The van der Waals surface area contributed by atoms with Crippen LogP contribution in [0.4, 0.5) is 0 Å². The fraction of sp³-hybridized carbons (Fsp3) is 0.562. The molecule has 0 saturated carbocycles. The Kier molecular flexibility index (Phi) is 6.01. The van der Waals surface area contributed by atoms with Crippen molar-refractivity contribution < 1.29 is 4.74 Å². The maximum atomic E-state index is 9.54. The molecule has 0 fully saturated rings. The SMILES string of the molecule is CNC(C#N)(CCOC(C)C(C)C)c1ccccc1. The highest BCUT2D eigenvalue weighted by Crippen LogP contribution is 2.24. The van der Waals surface area contributed by atoms with Gasteiger partial charge in [0.05, 0.1) is 18.8 Å². The van der Waals surface area contributed by atoms with Crippen molar-refractivity contribution in [3.63, 3.8) is 0 Å². The van der Waals surface area contributed by atoms with E-state index in [4.69, 9.17) is 4.74 Å². The molecule has 0 spiro atoms. The predicted molar refractivity (Wildman–Crippen MR) is 77.7 cm³/mol. The smallest absolute Gasteiger partial charge is 0.134 e. The summed E-state index contributed by atoms with van der Waals surface area (Å²) < 4.78 is 5.79. The number of ether oxygens (including phenoxy) is 1. The highest BCUT2D eigenvalue weighted by molar-refractivity contribution is 5.31. The van der Waals surface area contributed by atoms with Gasteiger partial charge in [0.1, 0.15) is 5.54 Å². The largest absolute Gasteiger partial charge is 0.378 e. The summed E-state index contributed by atoms with van der Waals surface area (Å²) in [6.07, 6.45) is 0.852. The fourth-order valence-corrected chi connectivity index (χ4v) is 1.90. The number of nitriles is 1. The van der Waals surface area contributed by atoms with E-state index in [9.17, 15) is 5.26 Å². The molecule has 0 radical (unpaired) electrons. The zero-order valence-corrected chi connectivity index (χ0v) is 12.3. The van der Waals surface area contributed by atoms with Gasteiger partial charge in [0.15, 0.2) is 0 Å². The highest BCUT2D eigenvalue weighted by atomic mass is 16.5. The number of hydrogen-bond donors (Lipinski definition) is 1. The molecule has 0 saturated heterocycles.